The maximum Gasteiger partial charge on any atom is 0.417 e. The summed E-state index contributed by atoms with van der Waals surface area (Å²) in [5, 5.41) is 3.12. The van der Waals surface area contributed by atoms with Crippen molar-refractivity contribution in [3.8, 4) is 11.1 Å². The van der Waals surface area contributed by atoms with Crippen LogP contribution in [-0.4, -0.2) is 57.2 Å². The number of Topliss-reactive ketones (excluding diaryl/α,β-unsaturated/α-hetero) is 1. The maximum absolute atomic E-state index is 14.0. The molecule has 1 amide bonds. The minimum atomic E-state index is -4.88. The smallest absolute Gasteiger partial charge is 0.342 e. The van der Waals surface area contributed by atoms with Gasteiger partial charge in [-0.2, -0.15) is 13.2 Å². The van der Waals surface area contributed by atoms with E-state index in [1.807, 2.05) is 0 Å². The van der Waals surface area contributed by atoms with Gasteiger partial charge < -0.3 is 10.2 Å². The van der Waals surface area contributed by atoms with Gasteiger partial charge in [0.1, 0.15) is 5.41 Å². The van der Waals surface area contributed by atoms with Gasteiger partial charge in [-0.25, -0.2) is 13.1 Å². The molecule has 2 saturated heterocycles. The molecular formula is C28H34F3N3O4S. The van der Waals surface area contributed by atoms with Crippen LogP contribution in [-0.2, 0) is 25.8 Å². The Balaban J connectivity index is 1.49. The van der Waals surface area contributed by atoms with E-state index in [2.05, 4.69) is 10.0 Å². The molecule has 0 aromatic heterocycles. The first-order valence-corrected chi connectivity index (χ1v) is 14.5. The predicted molar refractivity (Wildman–Crippen MR) is 141 cm³/mol. The lowest BCUT2D eigenvalue weighted by atomic mass is 9.70. The van der Waals surface area contributed by atoms with Crippen molar-refractivity contribution in [2.24, 2.45) is 10.8 Å². The van der Waals surface area contributed by atoms with Gasteiger partial charge in [0.05, 0.1) is 10.5 Å². The van der Waals surface area contributed by atoms with E-state index >= 15 is 0 Å². The summed E-state index contributed by atoms with van der Waals surface area (Å²) in [5.74, 6) is -0.406. The number of hydrogen-bond donors (Lipinski definition) is 2. The van der Waals surface area contributed by atoms with Crippen molar-refractivity contribution in [1.82, 2.24) is 14.9 Å². The van der Waals surface area contributed by atoms with Gasteiger partial charge in [0.25, 0.3) is 0 Å². The van der Waals surface area contributed by atoms with Crippen molar-refractivity contribution in [3.63, 3.8) is 0 Å². The van der Waals surface area contributed by atoms with Crippen LogP contribution in [0.25, 0.3) is 11.1 Å². The molecule has 4 rings (SSSR count). The highest BCUT2D eigenvalue weighted by molar-refractivity contribution is 7.89. The number of amides is 1. The average Bonchev–Trinajstić information content (AvgIpc) is 3.38. The second kappa shape index (κ2) is 10.7. The molecular weight excluding hydrogens is 531 g/mol. The summed E-state index contributed by atoms with van der Waals surface area (Å²) in [5.41, 5.74) is -2.31. The number of carbonyl (C=O) groups excluding carboxylic acids is 2. The van der Waals surface area contributed by atoms with E-state index in [9.17, 15) is 31.2 Å². The Morgan fingerprint density at radius 2 is 1.64 bits per heavy atom. The van der Waals surface area contributed by atoms with Crippen LogP contribution >= 0.6 is 0 Å². The van der Waals surface area contributed by atoms with E-state index < -0.39 is 43.5 Å². The molecule has 39 heavy (non-hydrogen) atoms. The zero-order valence-corrected chi connectivity index (χ0v) is 23.1. The number of halogens is 3. The van der Waals surface area contributed by atoms with E-state index in [1.54, 1.807) is 56.0 Å². The van der Waals surface area contributed by atoms with Crippen LogP contribution in [0.5, 0.6) is 0 Å². The third-order valence-corrected chi connectivity index (χ3v) is 9.04. The third-order valence-electron chi connectivity index (χ3n) is 7.47. The Bertz CT molecular complexity index is 1320. The number of rotatable bonds is 6. The molecule has 2 aliphatic heterocycles. The number of piperidine rings is 1. The van der Waals surface area contributed by atoms with Gasteiger partial charge in [-0.05, 0) is 49.1 Å². The van der Waals surface area contributed by atoms with Gasteiger partial charge in [0.2, 0.25) is 15.9 Å². The minimum absolute atomic E-state index is 0.133. The highest BCUT2D eigenvalue weighted by Crippen LogP contribution is 2.39. The normalized spacial score (nSPS) is 21.2. The van der Waals surface area contributed by atoms with Crippen molar-refractivity contribution >= 4 is 21.7 Å². The summed E-state index contributed by atoms with van der Waals surface area (Å²) in [6.45, 7) is 6.55. The highest BCUT2D eigenvalue weighted by atomic mass is 32.2. The number of likely N-dealkylation sites (tertiary alicyclic amines) is 1. The number of alkyl halides is 3. The molecule has 0 spiro atoms. The van der Waals surface area contributed by atoms with E-state index in [0.29, 0.717) is 18.5 Å². The van der Waals surface area contributed by atoms with E-state index in [1.165, 1.54) is 6.07 Å². The van der Waals surface area contributed by atoms with Crippen LogP contribution in [0.15, 0.2) is 53.4 Å². The first-order valence-electron chi connectivity index (χ1n) is 13.0. The molecule has 0 bridgehead atoms. The van der Waals surface area contributed by atoms with Crippen molar-refractivity contribution in [3.05, 3.63) is 54.1 Å². The molecule has 212 valence electrons. The number of benzene rings is 2. The number of hydrogen-bond acceptors (Lipinski definition) is 5. The number of carbonyl (C=O) groups is 2. The van der Waals surface area contributed by atoms with Crippen LogP contribution in [0.3, 0.4) is 0 Å². The molecule has 2 aliphatic rings. The fourth-order valence-electron chi connectivity index (χ4n) is 5.47. The number of sulfonamides is 1. The molecule has 2 aromatic rings. The Morgan fingerprint density at radius 1 is 1.00 bits per heavy atom. The summed E-state index contributed by atoms with van der Waals surface area (Å²) in [6.07, 6.45) is -4.04. The third kappa shape index (κ3) is 6.05. The zero-order valence-electron chi connectivity index (χ0n) is 22.3. The predicted octanol–water partition coefficient (Wildman–Crippen LogP) is 4.24. The lowest BCUT2D eigenvalue weighted by Gasteiger charge is -2.39. The van der Waals surface area contributed by atoms with Gasteiger partial charge in [-0.1, -0.05) is 57.2 Å². The molecule has 0 unspecified atom stereocenters. The SMILES string of the molecule is CC(C)(C)C(=O)[C@@]1(C(=O)N2CCC(NS(=O)(=O)c3ccc(-c4ccccc4)cc3C(F)(F)F)CC2)CCNC1. The van der Waals surface area contributed by atoms with E-state index in [0.717, 1.165) is 12.1 Å². The van der Waals surface area contributed by atoms with Gasteiger partial charge in [-0.15, -0.1) is 0 Å². The quantitative estimate of drug-likeness (QED) is 0.511. The molecule has 7 nitrogen and oxygen atoms in total. The zero-order chi connectivity index (χ0) is 28.6. The van der Waals surface area contributed by atoms with Crippen molar-refractivity contribution < 1.29 is 31.2 Å². The molecule has 2 aromatic carbocycles. The van der Waals surface area contributed by atoms with Crippen molar-refractivity contribution in [2.75, 3.05) is 26.2 Å². The van der Waals surface area contributed by atoms with Gasteiger partial charge >= 0.3 is 6.18 Å². The second-order valence-corrected chi connectivity index (χ2v) is 13.0. The second-order valence-electron chi connectivity index (χ2n) is 11.4. The average molecular weight is 566 g/mol. The number of ketones is 1. The van der Waals surface area contributed by atoms with Crippen molar-refractivity contribution in [1.29, 1.82) is 0 Å². The Kier molecular flexibility index (Phi) is 7.99. The van der Waals surface area contributed by atoms with Gasteiger partial charge in [0.15, 0.2) is 5.78 Å². The largest absolute Gasteiger partial charge is 0.417 e. The van der Waals surface area contributed by atoms with E-state index in [-0.39, 0.29) is 49.7 Å². The highest BCUT2D eigenvalue weighted by Gasteiger charge is 2.53. The minimum Gasteiger partial charge on any atom is -0.342 e. The number of nitrogens with zero attached hydrogens (tertiary/aromatic N) is 1. The molecule has 0 saturated carbocycles. The van der Waals surface area contributed by atoms with Crippen LogP contribution < -0.4 is 10.0 Å². The topological polar surface area (TPSA) is 95.6 Å². The Labute approximate surface area is 227 Å². The summed E-state index contributed by atoms with van der Waals surface area (Å²) in [6, 6.07) is 11.0. The van der Waals surface area contributed by atoms with Crippen molar-refractivity contribution in [2.45, 2.75) is 57.1 Å². The standard InChI is InChI=1S/C28H34F3N3O4S/c1-26(2,3)24(35)27(13-14-32-18-27)25(36)34-15-11-21(12-16-34)33-39(37,38)23-10-9-20(17-22(23)28(29,30)31)19-7-5-4-6-8-19/h4-10,17,21,32-33H,11-16,18H2,1-3H3/t27-/m1/s1. The van der Waals surface area contributed by atoms with Crippen LogP contribution in [0.1, 0.15) is 45.6 Å². The lowest BCUT2D eigenvalue weighted by molar-refractivity contribution is -0.153. The fourth-order valence-corrected chi connectivity index (χ4v) is 6.98. The maximum atomic E-state index is 14.0. The summed E-state index contributed by atoms with van der Waals surface area (Å²) < 4.78 is 70.6. The summed E-state index contributed by atoms with van der Waals surface area (Å²) in [4.78, 5) is 27.5. The molecule has 0 aliphatic carbocycles. The molecule has 11 heteroatoms. The van der Waals surface area contributed by atoms with Crippen LogP contribution in [0.2, 0.25) is 0 Å². The summed E-state index contributed by atoms with van der Waals surface area (Å²) >= 11 is 0. The molecule has 1 atom stereocenters. The molecule has 0 radical (unpaired) electrons. The van der Waals surface area contributed by atoms with Gasteiger partial charge in [0, 0.05) is 31.1 Å². The molecule has 2 fully saturated rings. The Hall–Kier alpha value is -2.76. The number of nitrogens with one attached hydrogen (secondary N) is 2. The lowest BCUT2D eigenvalue weighted by Crippen LogP contribution is -2.56. The van der Waals surface area contributed by atoms with Gasteiger partial charge in [-0.3, -0.25) is 9.59 Å². The first-order chi connectivity index (χ1) is 18.1. The van der Waals surface area contributed by atoms with E-state index in [4.69, 9.17) is 0 Å². The fraction of sp³-hybridized carbons (Fsp3) is 0.500. The Morgan fingerprint density at radius 3 is 2.18 bits per heavy atom. The molecule has 2 N–H and O–H groups in total. The monoisotopic (exact) mass is 565 g/mol. The van der Waals surface area contributed by atoms with Crippen LogP contribution in [0.4, 0.5) is 13.2 Å². The first kappa shape index (κ1) is 29.2. The summed E-state index contributed by atoms with van der Waals surface area (Å²) in [7, 11) is -4.51. The van der Waals surface area contributed by atoms with Crippen LogP contribution in [0, 0.1) is 10.8 Å². The molecule has 2 heterocycles.